The summed E-state index contributed by atoms with van der Waals surface area (Å²) in [5.74, 6) is 0.703. The van der Waals surface area contributed by atoms with Crippen molar-refractivity contribution >= 4 is 17.3 Å². The average molecular weight is 240 g/mol. The van der Waals surface area contributed by atoms with E-state index in [0.29, 0.717) is 12.0 Å². The van der Waals surface area contributed by atoms with Crippen molar-refractivity contribution in [2.45, 2.75) is 38.8 Å². The van der Waals surface area contributed by atoms with Crippen molar-refractivity contribution in [2.24, 2.45) is 5.92 Å². The molecule has 1 aliphatic carbocycles. The molecule has 0 aromatic heterocycles. The lowest BCUT2D eigenvalue weighted by Crippen LogP contribution is -2.22. The van der Waals surface area contributed by atoms with Gasteiger partial charge in [-0.15, -0.1) is 0 Å². The van der Waals surface area contributed by atoms with Crippen molar-refractivity contribution in [1.29, 1.82) is 0 Å². The van der Waals surface area contributed by atoms with Gasteiger partial charge < -0.3 is 10.4 Å². The Labute approximate surface area is 102 Å². The lowest BCUT2D eigenvalue weighted by molar-refractivity contribution is 0.282. The van der Waals surface area contributed by atoms with Crippen LogP contribution in [-0.2, 0) is 6.61 Å². The van der Waals surface area contributed by atoms with E-state index in [2.05, 4.69) is 12.2 Å². The molecule has 0 aliphatic heterocycles. The fourth-order valence-corrected chi connectivity index (χ4v) is 2.51. The molecule has 0 amide bonds. The number of aliphatic hydroxyl groups excluding tert-OH is 1. The smallest absolute Gasteiger partial charge is 0.0682 e. The van der Waals surface area contributed by atoms with Gasteiger partial charge in [0.1, 0.15) is 0 Å². The van der Waals surface area contributed by atoms with Gasteiger partial charge in [0.25, 0.3) is 0 Å². The molecule has 2 nitrogen and oxygen atoms in total. The Morgan fingerprint density at radius 1 is 1.44 bits per heavy atom. The number of hydrogen-bond acceptors (Lipinski definition) is 2. The first kappa shape index (κ1) is 11.7. The quantitative estimate of drug-likeness (QED) is 0.847. The van der Waals surface area contributed by atoms with Gasteiger partial charge in [0, 0.05) is 6.04 Å². The van der Waals surface area contributed by atoms with Gasteiger partial charge in [-0.1, -0.05) is 31.0 Å². The first-order chi connectivity index (χ1) is 7.70. The van der Waals surface area contributed by atoms with Gasteiger partial charge in [0.05, 0.1) is 17.3 Å². The Kier molecular flexibility index (Phi) is 3.72. The maximum Gasteiger partial charge on any atom is 0.0682 e. The van der Waals surface area contributed by atoms with E-state index in [4.69, 9.17) is 16.7 Å². The van der Waals surface area contributed by atoms with Gasteiger partial charge >= 0.3 is 0 Å². The van der Waals surface area contributed by atoms with Crippen molar-refractivity contribution in [2.75, 3.05) is 5.32 Å². The summed E-state index contributed by atoms with van der Waals surface area (Å²) in [6, 6.07) is 6.15. The molecule has 1 aliphatic rings. The summed E-state index contributed by atoms with van der Waals surface area (Å²) in [5, 5.41) is 13.3. The van der Waals surface area contributed by atoms with E-state index in [0.717, 1.165) is 16.3 Å². The van der Waals surface area contributed by atoms with E-state index in [1.165, 1.54) is 19.3 Å². The molecular weight excluding hydrogens is 222 g/mol. The van der Waals surface area contributed by atoms with Gasteiger partial charge in [-0.05, 0) is 36.5 Å². The molecule has 1 fully saturated rings. The Bertz CT molecular complexity index is 367. The highest BCUT2D eigenvalue weighted by molar-refractivity contribution is 6.33. The SMILES string of the molecule is CC1CCCC1Nc1cc(CO)ccc1Cl. The molecular formula is C13H18ClNO. The number of hydrogen-bond donors (Lipinski definition) is 2. The largest absolute Gasteiger partial charge is 0.392 e. The second-order valence-electron chi connectivity index (χ2n) is 4.63. The number of halogens is 1. The second kappa shape index (κ2) is 5.07. The average Bonchev–Trinajstić information content (AvgIpc) is 2.68. The Balaban J connectivity index is 2.13. The minimum atomic E-state index is 0.0616. The van der Waals surface area contributed by atoms with E-state index < -0.39 is 0 Å². The molecule has 2 unspecified atom stereocenters. The predicted octanol–water partition coefficient (Wildman–Crippen LogP) is 3.43. The summed E-state index contributed by atoms with van der Waals surface area (Å²) in [5.41, 5.74) is 1.85. The molecule has 16 heavy (non-hydrogen) atoms. The molecule has 0 heterocycles. The van der Waals surface area contributed by atoms with Crippen LogP contribution >= 0.6 is 11.6 Å². The van der Waals surface area contributed by atoms with E-state index >= 15 is 0 Å². The summed E-state index contributed by atoms with van der Waals surface area (Å²) in [6.07, 6.45) is 3.78. The van der Waals surface area contributed by atoms with Gasteiger partial charge in [0.2, 0.25) is 0 Å². The fraction of sp³-hybridized carbons (Fsp3) is 0.538. The van der Waals surface area contributed by atoms with Gasteiger partial charge in [-0.2, -0.15) is 0 Å². The van der Waals surface area contributed by atoms with Crippen LogP contribution in [0.1, 0.15) is 31.7 Å². The summed E-state index contributed by atoms with van der Waals surface area (Å²) in [7, 11) is 0. The van der Waals surface area contributed by atoms with Crippen LogP contribution in [0.2, 0.25) is 5.02 Å². The zero-order valence-corrected chi connectivity index (χ0v) is 10.3. The van der Waals surface area contributed by atoms with Crippen LogP contribution in [0.5, 0.6) is 0 Å². The molecule has 88 valence electrons. The molecule has 3 heteroatoms. The van der Waals surface area contributed by atoms with Crippen molar-refractivity contribution in [3.8, 4) is 0 Å². The third kappa shape index (κ3) is 2.50. The van der Waals surface area contributed by atoms with Crippen LogP contribution in [0.4, 0.5) is 5.69 Å². The first-order valence-electron chi connectivity index (χ1n) is 5.86. The molecule has 0 spiro atoms. The maximum atomic E-state index is 9.09. The molecule has 0 saturated heterocycles. The highest BCUT2D eigenvalue weighted by atomic mass is 35.5. The highest BCUT2D eigenvalue weighted by Crippen LogP contribution is 2.31. The molecule has 2 N–H and O–H groups in total. The van der Waals surface area contributed by atoms with Crippen LogP contribution in [-0.4, -0.2) is 11.1 Å². The van der Waals surface area contributed by atoms with Gasteiger partial charge in [-0.3, -0.25) is 0 Å². The van der Waals surface area contributed by atoms with E-state index in [-0.39, 0.29) is 6.61 Å². The molecule has 2 atom stereocenters. The van der Waals surface area contributed by atoms with Crippen LogP contribution < -0.4 is 5.32 Å². The topological polar surface area (TPSA) is 32.3 Å². The number of nitrogens with one attached hydrogen (secondary N) is 1. The van der Waals surface area contributed by atoms with Crippen molar-refractivity contribution in [1.82, 2.24) is 0 Å². The summed E-state index contributed by atoms with van der Waals surface area (Å²) < 4.78 is 0. The van der Waals surface area contributed by atoms with Crippen LogP contribution in [0, 0.1) is 5.92 Å². The standard InChI is InChI=1S/C13H18ClNO/c1-9-3-2-4-12(9)15-13-7-10(8-16)5-6-11(13)14/h5-7,9,12,15-16H,2-4,8H2,1H3. The minimum absolute atomic E-state index is 0.0616. The summed E-state index contributed by atoms with van der Waals surface area (Å²) in [4.78, 5) is 0. The second-order valence-corrected chi connectivity index (χ2v) is 5.04. The van der Waals surface area contributed by atoms with Crippen molar-refractivity contribution in [3.63, 3.8) is 0 Å². The van der Waals surface area contributed by atoms with E-state index in [1.807, 2.05) is 18.2 Å². The molecule has 1 aromatic carbocycles. The third-order valence-corrected chi connectivity index (χ3v) is 3.75. The zero-order chi connectivity index (χ0) is 11.5. The molecule has 0 bridgehead atoms. The Morgan fingerprint density at radius 3 is 2.88 bits per heavy atom. The maximum absolute atomic E-state index is 9.09. The molecule has 1 saturated carbocycles. The van der Waals surface area contributed by atoms with Crippen LogP contribution in [0.15, 0.2) is 18.2 Å². The molecule has 0 radical (unpaired) electrons. The zero-order valence-electron chi connectivity index (χ0n) is 9.54. The highest BCUT2D eigenvalue weighted by Gasteiger charge is 2.23. The van der Waals surface area contributed by atoms with Gasteiger partial charge in [-0.25, -0.2) is 0 Å². The predicted molar refractivity (Wildman–Crippen MR) is 67.8 cm³/mol. The first-order valence-corrected chi connectivity index (χ1v) is 6.24. The van der Waals surface area contributed by atoms with Crippen molar-refractivity contribution in [3.05, 3.63) is 28.8 Å². The lowest BCUT2D eigenvalue weighted by atomic mass is 10.1. The van der Waals surface area contributed by atoms with Crippen LogP contribution in [0.3, 0.4) is 0 Å². The Morgan fingerprint density at radius 2 is 2.25 bits per heavy atom. The third-order valence-electron chi connectivity index (χ3n) is 3.42. The summed E-state index contributed by atoms with van der Waals surface area (Å²) >= 11 is 6.14. The molecule has 2 rings (SSSR count). The van der Waals surface area contributed by atoms with Gasteiger partial charge in [0.15, 0.2) is 0 Å². The number of anilines is 1. The lowest BCUT2D eigenvalue weighted by Gasteiger charge is -2.20. The minimum Gasteiger partial charge on any atom is -0.392 e. The Hall–Kier alpha value is -0.730. The summed E-state index contributed by atoms with van der Waals surface area (Å²) in [6.45, 7) is 2.33. The number of rotatable bonds is 3. The fourth-order valence-electron chi connectivity index (χ4n) is 2.34. The number of aliphatic hydroxyl groups is 1. The van der Waals surface area contributed by atoms with Crippen LogP contribution in [0.25, 0.3) is 0 Å². The van der Waals surface area contributed by atoms with Crippen molar-refractivity contribution < 1.29 is 5.11 Å². The monoisotopic (exact) mass is 239 g/mol. The number of benzene rings is 1. The van der Waals surface area contributed by atoms with E-state index in [9.17, 15) is 0 Å². The molecule has 1 aromatic rings. The van der Waals surface area contributed by atoms with E-state index in [1.54, 1.807) is 0 Å². The normalized spacial score (nSPS) is 24.7.